The van der Waals surface area contributed by atoms with E-state index in [0.29, 0.717) is 22.8 Å². The molecule has 2 saturated carbocycles. The fraction of sp³-hybridized carbons (Fsp3) is 0.783. The Morgan fingerprint density at radius 2 is 2.04 bits per heavy atom. The van der Waals surface area contributed by atoms with Crippen LogP contribution in [0.2, 0.25) is 0 Å². The van der Waals surface area contributed by atoms with E-state index in [-0.39, 0.29) is 18.0 Å². The van der Waals surface area contributed by atoms with Crippen molar-refractivity contribution in [1.82, 2.24) is 0 Å². The molecule has 2 nitrogen and oxygen atoms in total. The van der Waals surface area contributed by atoms with Gasteiger partial charge >= 0.3 is 5.97 Å². The van der Waals surface area contributed by atoms with Crippen LogP contribution < -0.4 is 0 Å². The molecule has 0 bridgehead atoms. The normalized spacial score (nSPS) is 40.2. The number of hydrogen-bond acceptors (Lipinski definition) is 2. The fourth-order valence-corrected chi connectivity index (χ4v) is 6.91. The summed E-state index contributed by atoms with van der Waals surface area (Å²) in [5.41, 5.74) is 2.73. The smallest absolute Gasteiger partial charge is 0.334 e. The first-order valence-corrected chi connectivity index (χ1v) is 11.4. The second-order valence-electron chi connectivity index (χ2n) is 9.70. The highest BCUT2D eigenvalue weighted by Crippen LogP contribution is 2.60. The number of esters is 1. The van der Waals surface area contributed by atoms with Crippen LogP contribution in [0.1, 0.15) is 72.6 Å². The Morgan fingerprint density at radius 1 is 1.31 bits per heavy atom. The lowest BCUT2D eigenvalue weighted by atomic mass is 9.61. The van der Waals surface area contributed by atoms with Crippen molar-refractivity contribution >= 4 is 21.9 Å². The van der Waals surface area contributed by atoms with Crippen molar-refractivity contribution in [1.29, 1.82) is 0 Å². The SMILES string of the molecule is C=C1C(=O)O[C@H](C[C@@H](C)[C@H]2CC[C@H]3/C(=C/Br)CCC[C@]23C)[C@@H]1CC(C)C. The molecule has 3 rings (SSSR count). The molecule has 2 aliphatic carbocycles. The molecule has 3 aliphatic rings. The molecule has 3 heteroatoms. The van der Waals surface area contributed by atoms with Gasteiger partial charge in [0.25, 0.3) is 0 Å². The maximum atomic E-state index is 12.1. The topological polar surface area (TPSA) is 26.3 Å². The number of rotatable bonds is 5. The molecule has 26 heavy (non-hydrogen) atoms. The van der Waals surface area contributed by atoms with Crippen LogP contribution in [0.4, 0.5) is 0 Å². The summed E-state index contributed by atoms with van der Waals surface area (Å²) in [5.74, 6) is 2.64. The van der Waals surface area contributed by atoms with Crippen molar-refractivity contribution in [3.05, 3.63) is 22.7 Å². The third-order valence-corrected chi connectivity index (χ3v) is 8.20. The van der Waals surface area contributed by atoms with E-state index in [1.807, 2.05) is 0 Å². The molecule has 0 radical (unpaired) electrons. The molecule has 0 amide bonds. The van der Waals surface area contributed by atoms with Gasteiger partial charge in [-0.1, -0.05) is 55.8 Å². The zero-order chi connectivity index (χ0) is 19.1. The van der Waals surface area contributed by atoms with Crippen LogP contribution in [0, 0.1) is 35.0 Å². The molecule has 1 heterocycles. The Kier molecular flexibility index (Phi) is 6.06. The standard InChI is InChI=1S/C23H35BrO2/c1-14(2)11-18-16(4)22(25)26-21(18)12-15(3)19-8-9-20-17(13-24)7-6-10-23(19,20)5/h13-15,18-21H,4,6-12H2,1-3,5H3/b17-13+/t15-,18-,19-,20+,21-,23-/m1/s1. The lowest BCUT2D eigenvalue weighted by Crippen LogP contribution is -2.37. The van der Waals surface area contributed by atoms with Crippen molar-refractivity contribution in [2.75, 3.05) is 0 Å². The Labute approximate surface area is 168 Å². The van der Waals surface area contributed by atoms with Gasteiger partial charge in [0.2, 0.25) is 0 Å². The van der Waals surface area contributed by atoms with E-state index in [1.54, 1.807) is 5.57 Å². The van der Waals surface area contributed by atoms with E-state index in [9.17, 15) is 4.79 Å². The Balaban J connectivity index is 1.72. The van der Waals surface area contributed by atoms with Gasteiger partial charge in [0.15, 0.2) is 0 Å². The Hall–Kier alpha value is -0.570. The number of fused-ring (bicyclic) bond motifs is 1. The van der Waals surface area contributed by atoms with Crippen LogP contribution >= 0.6 is 15.9 Å². The summed E-state index contributed by atoms with van der Waals surface area (Å²) in [4.78, 5) is 14.3. The number of ether oxygens (including phenoxy) is 1. The maximum absolute atomic E-state index is 12.1. The van der Waals surface area contributed by atoms with Crippen LogP contribution in [-0.2, 0) is 9.53 Å². The van der Waals surface area contributed by atoms with E-state index in [1.165, 1.54) is 32.1 Å². The highest BCUT2D eigenvalue weighted by atomic mass is 79.9. The van der Waals surface area contributed by atoms with Gasteiger partial charge in [-0.05, 0) is 79.0 Å². The van der Waals surface area contributed by atoms with Crippen molar-refractivity contribution in [3.63, 3.8) is 0 Å². The van der Waals surface area contributed by atoms with Crippen LogP contribution in [0.15, 0.2) is 22.7 Å². The first-order valence-electron chi connectivity index (χ1n) is 10.5. The van der Waals surface area contributed by atoms with Crippen LogP contribution in [0.25, 0.3) is 0 Å². The number of cyclic esters (lactones) is 1. The van der Waals surface area contributed by atoms with E-state index < -0.39 is 0 Å². The summed E-state index contributed by atoms with van der Waals surface area (Å²) < 4.78 is 5.77. The van der Waals surface area contributed by atoms with Gasteiger partial charge in [-0.15, -0.1) is 0 Å². The number of hydrogen-bond donors (Lipinski definition) is 0. The quantitative estimate of drug-likeness (QED) is 0.365. The molecular weight excluding hydrogens is 388 g/mol. The van der Waals surface area contributed by atoms with Crippen molar-refractivity contribution in [2.24, 2.45) is 35.0 Å². The second-order valence-corrected chi connectivity index (χ2v) is 10.2. The van der Waals surface area contributed by atoms with Crippen molar-refractivity contribution < 1.29 is 9.53 Å². The zero-order valence-corrected chi connectivity index (χ0v) is 18.5. The first kappa shape index (κ1) is 20.2. The molecule has 0 aromatic heterocycles. The van der Waals surface area contributed by atoms with Gasteiger partial charge in [-0.2, -0.15) is 0 Å². The molecule has 0 N–H and O–H groups in total. The maximum Gasteiger partial charge on any atom is 0.334 e. The predicted octanol–water partition coefficient (Wildman–Crippen LogP) is 6.65. The summed E-state index contributed by atoms with van der Waals surface area (Å²) in [6, 6.07) is 0. The second kappa shape index (κ2) is 7.81. The zero-order valence-electron chi connectivity index (χ0n) is 16.9. The Bertz CT molecular complexity index is 593. The fourth-order valence-electron chi connectivity index (χ4n) is 6.36. The van der Waals surface area contributed by atoms with Gasteiger partial charge in [0.05, 0.1) is 0 Å². The summed E-state index contributed by atoms with van der Waals surface area (Å²) in [6.07, 6.45) is 8.54. The number of carbonyl (C=O) groups excluding carboxylic acids is 1. The molecule has 146 valence electrons. The molecule has 1 saturated heterocycles. The molecule has 0 aromatic rings. The van der Waals surface area contributed by atoms with Gasteiger partial charge in [-0.25, -0.2) is 4.79 Å². The number of allylic oxidation sites excluding steroid dienone is 1. The van der Waals surface area contributed by atoms with E-state index >= 15 is 0 Å². The summed E-state index contributed by atoms with van der Waals surface area (Å²) >= 11 is 3.61. The predicted molar refractivity (Wildman–Crippen MR) is 111 cm³/mol. The van der Waals surface area contributed by atoms with Gasteiger partial charge in [-0.3, -0.25) is 0 Å². The lowest BCUT2D eigenvalue weighted by Gasteiger charge is -2.44. The minimum atomic E-state index is -0.162. The van der Waals surface area contributed by atoms with Crippen molar-refractivity contribution in [3.8, 4) is 0 Å². The largest absolute Gasteiger partial charge is 0.458 e. The number of halogens is 1. The van der Waals surface area contributed by atoms with Gasteiger partial charge in [0.1, 0.15) is 6.10 Å². The molecular formula is C23H35BrO2. The monoisotopic (exact) mass is 422 g/mol. The van der Waals surface area contributed by atoms with E-state index in [4.69, 9.17) is 4.74 Å². The Morgan fingerprint density at radius 3 is 2.69 bits per heavy atom. The average Bonchev–Trinajstić information content (AvgIpc) is 3.06. The molecule has 0 aromatic carbocycles. The lowest BCUT2D eigenvalue weighted by molar-refractivity contribution is -0.140. The average molecular weight is 423 g/mol. The molecule has 6 atom stereocenters. The summed E-state index contributed by atoms with van der Waals surface area (Å²) in [7, 11) is 0. The van der Waals surface area contributed by atoms with Gasteiger partial charge in [0, 0.05) is 11.5 Å². The molecule has 0 spiro atoms. The number of carbonyl (C=O) groups is 1. The molecule has 0 unspecified atom stereocenters. The van der Waals surface area contributed by atoms with Crippen LogP contribution in [0.5, 0.6) is 0 Å². The third-order valence-electron chi connectivity index (χ3n) is 7.61. The third kappa shape index (κ3) is 3.57. The van der Waals surface area contributed by atoms with E-state index in [0.717, 1.165) is 24.7 Å². The molecule has 1 aliphatic heterocycles. The van der Waals surface area contributed by atoms with Crippen LogP contribution in [-0.4, -0.2) is 12.1 Å². The first-order chi connectivity index (χ1) is 12.3. The van der Waals surface area contributed by atoms with E-state index in [2.05, 4.69) is 55.2 Å². The van der Waals surface area contributed by atoms with Crippen molar-refractivity contribution in [2.45, 2.75) is 78.7 Å². The highest BCUT2D eigenvalue weighted by molar-refractivity contribution is 9.11. The highest BCUT2D eigenvalue weighted by Gasteiger charge is 2.51. The summed E-state index contributed by atoms with van der Waals surface area (Å²) in [5, 5.41) is 0. The molecule has 3 fully saturated rings. The minimum Gasteiger partial charge on any atom is -0.458 e. The van der Waals surface area contributed by atoms with Gasteiger partial charge < -0.3 is 4.74 Å². The van der Waals surface area contributed by atoms with Crippen LogP contribution in [0.3, 0.4) is 0 Å². The summed E-state index contributed by atoms with van der Waals surface area (Å²) in [6.45, 7) is 13.4. The minimum absolute atomic E-state index is 0.0322.